The summed E-state index contributed by atoms with van der Waals surface area (Å²) in [7, 11) is 0. The second-order valence-electron chi connectivity index (χ2n) is 6.48. The highest BCUT2D eigenvalue weighted by atomic mass is 32.1. The summed E-state index contributed by atoms with van der Waals surface area (Å²) in [5.74, 6) is 0. The van der Waals surface area contributed by atoms with Gasteiger partial charge in [-0.05, 0) is 37.6 Å². The van der Waals surface area contributed by atoms with Gasteiger partial charge in [0.25, 0.3) is 0 Å². The van der Waals surface area contributed by atoms with Crippen LogP contribution < -0.4 is 5.32 Å². The predicted molar refractivity (Wildman–Crippen MR) is 90.7 cm³/mol. The third kappa shape index (κ3) is 3.39. The third-order valence-corrected chi connectivity index (χ3v) is 6.26. The summed E-state index contributed by atoms with van der Waals surface area (Å²) < 4.78 is 5.77. The number of ether oxygens (including phenoxy) is 1. The Kier molecular flexibility index (Phi) is 5.24. The molecule has 6 heteroatoms. The van der Waals surface area contributed by atoms with Crippen LogP contribution in [0.2, 0.25) is 0 Å². The van der Waals surface area contributed by atoms with Crippen LogP contribution in [0.3, 0.4) is 0 Å². The van der Waals surface area contributed by atoms with Crippen molar-refractivity contribution in [2.24, 2.45) is 5.41 Å². The minimum Gasteiger partial charge on any atom is -0.392 e. The maximum Gasteiger partial charge on any atom is 0.317 e. The topological polar surface area (TPSA) is 61.8 Å². The Morgan fingerprint density at radius 2 is 2.30 bits per heavy atom. The van der Waals surface area contributed by atoms with Gasteiger partial charge in [0, 0.05) is 43.0 Å². The first-order chi connectivity index (χ1) is 11.2. The van der Waals surface area contributed by atoms with E-state index in [4.69, 9.17) is 4.74 Å². The van der Waals surface area contributed by atoms with Crippen molar-refractivity contribution >= 4 is 17.4 Å². The fourth-order valence-electron chi connectivity index (χ4n) is 3.80. The molecule has 0 unspecified atom stereocenters. The summed E-state index contributed by atoms with van der Waals surface area (Å²) in [6.45, 7) is 4.75. The maximum absolute atomic E-state index is 12.3. The Bertz CT molecular complexity index is 510. The van der Waals surface area contributed by atoms with Crippen LogP contribution in [0.1, 0.15) is 31.1 Å². The van der Waals surface area contributed by atoms with Gasteiger partial charge < -0.3 is 20.1 Å². The SMILES string of the molecule is CCO[C@H]1C[C@@H](O)C12CCN(C(=O)NCCc1cccs1)CC2. The van der Waals surface area contributed by atoms with Crippen molar-refractivity contribution in [2.45, 2.75) is 44.8 Å². The molecule has 0 radical (unpaired) electrons. The predicted octanol–water partition coefficient (Wildman–Crippen LogP) is 2.25. The number of aliphatic hydroxyl groups is 1. The van der Waals surface area contributed by atoms with E-state index in [9.17, 15) is 9.90 Å². The van der Waals surface area contributed by atoms with Crippen LogP contribution in [-0.4, -0.2) is 54.5 Å². The van der Waals surface area contributed by atoms with Crippen LogP contribution in [0, 0.1) is 5.41 Å². The van der Waals surface area contributed by atoms with Crippen molar-refractivity contribution in [3.63, 3.8) is 0 Å². The second kappa shape index (κ2) is 7.20. The molecule has 2 aliphatic rings. The lowest BCUT2D eigenvalue weighted by Crippen LogP contribution is -2.63. The zero-order valence-corrected chi connectivity index (χ0v) is 14.5. The zero-order chi connectivity index (χ0) is 16.3. The number of piperidine rings is 1. The molecule has 3 rings (SSSR count). The van der Waals surface area contributed by atoms with E-state index in [1.807, 2.05) is 17.9 Å². The Balaban J connectivity index is 1.44. The first-order valence-electron chi connectivity index (χ1n) is 8.50. The molecular weight excluding hydrogens is 312 g/mol. The van der Waals surface area contributed by atoms with E-state index in [1.165, 1.54) is 4.88 Å². The van der Waals surface area contributed by atoms with E-state index >= 15 is 0 Å². The van der Waals surface area contributed by atoms with Gasteiger partial charge in [-0.3, -0.25) is 0 Å². The van der Waals surface area contributed by atoms with Crippen LogP contribution >= 0.6 is 11.3 Å². The summed E-state index contributed by atoms with van der Waals surface area (Å²) in [5.41, 5.74) is -0.121. The Morgan fingerprint density at radius 1 is 1.52 bits per heavy atom. The van der Waals surface area contributed by atoms with Crippen molar-refractivity contribution in [1.29, 1.82) is 0 Å². The molecule has 1 spiro atoms. The van der Waals surface area contributed by atoms with Crippen LogP contribution in [0.4, 0.5) is 4.79 Å². The fraction of sp³-hybridized carbons (Fsp3) is 0.706. The van der Waals surface area contributed by atoms with Gasteiger partial charge in [0.1, 0.15) is 0 Å². The first kappa shape index (κ1) is 16.7. The Morgan fingerprint density at radius 3 is 2.91 bits per heavy atom. The largest absolute Gasteiger partial charge is 0.392 e. The number of nitrogens with zero attached hydrogens (tertiary/aromatic N) is 1. The van der Waals surface area contributed by atoms with E-state index in [-0.39, 0.29) is 23.7 Å². The van der Waals surface area contributed by atoms with Gasteiger partial charge in [0.15, 0.2) is 0 Å². The fourth-order valence-corrected chi connectivity index (χ4v) is 4.51. The van der Waals surface area contributed by atoms with Gasteiger partial charge in [0.05, 0.1) is 12.2 Å². The van der Waals surface area contributed by atoms with Crippen LogP contribution in [0.5, 0.6) is 0 Å². The minimum atomic E-state index is -0.275. The zero-order valence-electron chi connectivity index (χ0n) is 13.7. The van der Waals surface area contributed by atoms with Crippen molar-refractivity contribution in [3.8, 4) is 0 Å². The van der Waals surface area contributed by atoms with Crippen molar-refractivity contribution in [2.75, 3.05) is 26.2 Å². The highest BCUT2D eigenvalue weighted by Crippen LogP contribution is 2.50. The molecule has 1 aromatic heterocycles. The van der Waals surface area contributed by atoms with Crippen LogP contribution in [-0.2, 0) is 11.2 Å². The number of amides is 2. The number of urea groups is 1. The van der Waals surface area contributed by atoms with E-state index in [0.717, 1.165) is 25.7 Å². The molecule has 5 nitrogen and oxygen atoms in total. The van der Waals surface area contributed by atoms with E-state index < -0.39 is 0 Å². The smallest absolute Gasteiger partial charge is 0.317 e. The molecule has 1 aromatic rings. The average Bonchev–Trinajstić information content (AvgIpc) is 3.08. The standard InChI is InChI=1S/C17H26N2O3S/c1-2-22-15-12-14(20)17(15)6-9-19(10-7-17)16(21)18-8-5-13-4-3-11-23-13/h3-4,11,14-15,20H,2,5-10,12H2,1H3,(H,18,21)/t14-,15+/m1/s1. The monoisotopic (exact) mass is 338 g/mol. The van der Waals surface area contributed by atoms with E-state index in [1.54, 1.807) is 11.3 Å². The molecule has 23 heavy (non-hydrogen) atoms. The molecule has 2 heterocycles. The molecule has 2 amide bonds. The number of aliphatic hydroxyl groups excluding tert-OH is 1. The van der Waals surface area contributed by atoms with Crippen LogP contribution in [0.15, 0.2) is 17.5 Å². The molecule has 1 saturated carbocycles. The first-order valence-corrected chi connectivity index (χ1v) is 9.38. The van der Waals surface area contributed by atoms with Crippen molar-refractivity contribution in [1.82, 2.24) is 10.2 Å². The molecule has 0 bridgehead atoms. The molecule has 1 saturated heterocycles. The van der Waals surface area contributed by atoms with Gasteiger partial charge in [-0.1, -0.05) is 6.07 Å². The van der Waals surface area contributed by atoms with Gasteiger partial charge in [-0.25, -0.2) is 4.79 Å². The summed E-state index contributed by atoms with van der Waals surface area (Å²) in [5, 5.41) is 15.3. The molecule has 1 aliphatic carbocycles. The molecule has 2 atom stereocenters. The number of hydrogen-bond acceptors (Lipinski definition) is 4. The summed E-state index contributed by atoms with van der Waals surface area (Å²) >= 11 is 1.72. The second-order valence-corrected chi connectivity index (χ2v) is 7.51. The normalized spacial score (nSPS) is 26.1. The van der Waals surface area contributed by atoms with Gasteiger partial charge in [-0.2, -0.15) is 0 Å². The van der Waals surface area contributed by atoms with Gasteiger partial charge in [0.2, 0.25) is 0 Å². The number of nitrogens with one attached hydrogen (secondary N) is 1. The number of rotatable bonds is 5. The summed E-state index contributed by atoms with van der Waals surface area (Å²) in [6, 6.07) is 4.14. The highest BCUT2D eigenvalue weighted by Gasteiger charge is 2.56. The number of carbonyl (C=O) groups excluding carboxylic acids is 1. The van der Waals surface area contributed by atoms with Crippen molar-refractivity contribution in [3.05, 3.63) is 22.4 Å². The quantitative estimate of drug-likeness (QED) is 0.866. The molecule has 0 aromatic carbocycles. The Labute approximate surface area is 141 Å². The summed E-state index contributed by atoms with van der Waals surface area (Å²) in [6.07, 6.45) is 3.16. The van der Waals surface area contributed by atoms with Gasteiger partial charge in [-0.15, -0.1) is 11.3 Å². The number of likely N-dealkylation sites (tertiary alicyclic amines) is 1. The average molecular weight is 338 g/mol. The molecule has 2 N–H and O–H groups in total. The molecule has 2 fully saturated rings. The lowest BCUT2D eigenvalue weighted by Gasteiger charge is -2.56. The van der Waals surface area contributed by atoms with E-state index in [0.29, 0.717) is 26.2 Å². The lowest BCUT2D eigenvalue weighted by molar-refractivity contribution is -0.207. The number of carbonyl (C=O) groups is 1. The number of thiophene rings is 1. The van der Waals surface area contributed by atoms with E-state index in [2.05, 4.69) is 16.8 Å². The maximum atomic E-state index is 12.3. The minimum absolute atomic E-state index is 0.0122. The van der Waals surface area contributed by atoms with Crippen molar-refractivity contribution < 1.29 is 14.6 Å². The molecule has 128 valence electrons. The third-order valence-electron chi connectivity index (χ3n) is 5.32. The Hall–Kier alpha value is -1.11. The summed E-state index contributed by atoms with van der Waals surface area (Å²) in [4.78, 5) is 15.4. The molecular formula is C17H26N2O3S. The number of hydrogen-bond donors (Lipinski definition) is 2. The highest BCUT2D eigenvalue weighted by molar-refractivity contribution is 7.09. The molecule has 1 aliphatic heterocycles. The van der Waals surface area contributed by atoms with Crippen LogP contribution in [0.25, 0.3) is 0 Å². The lowest BCUT2D eigenvalue weighted by atomic mass is 9.58. The van der Waals surface area contributed by atoms with Gasteiger partial charge >= 0.3 is 6.03 Å².